The number of fused-ring (bicyclic) bond motifs is 4. The van der Waals surface area contributed by atoms with Crippen LogP contribution in [0, 0.1) is 45.8 Å². The molecule has 0 aromatic heterocycles. The highest BCUT2D eigenvalue weighted by atomic mass is 16.1. The van der Waals surface area contributed by atoms with Gasteiger partial charge in [0.1, 0.15) is 5.78 Å². The molecule has 0 saturated heterocycles. The van der Waals surface area contributed by atoms with Crippen LogP contribution in [-0.4, -0.2) is 5.78 Å². The topological polar surface area (TPSA) is 17.1 Å². The lowest BCUT2D eigenvalue weighted by atomic mass is 9.46. The van der Waals surface area contributed by atoms with Gasteiger partial charge in [0.25, 0.3) is 0 Å². The Morgan fingerprint density at radius 3 is 2.45 bits per heavy atom. The second kappa shape index (κ2) is 4.01. The van der Waals surface area contributed by atoms with E-state index in [2.05, 4.69) is 13.8 Å². The van der Waals surface area contributed by atoms with Crippen LogP contribution in [-0.2, 0) is 4.79 Å². The molecule has 0 heterocycles. The van der Waals surface area contributed by atoms with E-state index in [1.54, 1.807) is 6.42 Å². The zero-order chi connectivity index (χ0) is 15.3. The Labute approximate surface area is 135 Å². The number of hydrogen-bond acceptors (Lipinski definition) is 1. The summed E-state index contributed by atoms with van der Waals surface area (Å²) in [6, 6.07) is 0. The minimum absolute atomic E-state index is 0.343. The lowest BCUT2D eigenvalue weighted by Crippen LogP contribution is -2.52. The average Bonchev–Trinajstić information content (AvgIpc) is 2.94. The predicted molar refractivity (Wildman–Crippen MR) is 88.3 cm³/mol. The van der Waals surface area contributed by atoms with Gasteiger partial charge in [-0.05, 0) is 105 Å². The third kappa shape index (κ3) is 1.37. The Morgan fingerprint density at radius 2 is 1.73 bits per heavy atom. The molecule has 5 rings (SSSR count). The third-order valence-corrected chi connectivity index (χ3v) is 10.1. The summed E-state index contributed by atoms with van der Waals surface area (Å²) in [5.74, 6) is 4.73. The van der Waals surface area contributed by atoms with E-state index < -0.39 is 0 Å². The Morgan fingerprint density at radius 1 is 0.909 bits per heavy atom. The Hall–Kier alpha value is -0.330. The van der Waals surface area contributed by atoms with E-state index in [4.69, 9.17) is 0 Å². The second-order valence-electron chi connectivity index (χ2n) is 10.2. The van der Waals surface area contributed by atoms with Crippen LogP contribution in [0.2, 0.25) is 0 Å². The van der Waals surface area contributed by atoms with Gasteiger partial charge in [-0.1, -0.05) is 13.8 Å². The molecule has 0 unspecified atom stereocenters. The molecular formula is C21H32O. The van der Waals surface area contributed by atoms with E-state index in [1.807, 2.05) is 6.92 Å². The summed E-state index contributed by atoms with van der Waals surface area (Å²) >= 11 is 0. The lowest BCUT2D eigenvalue weighted by molar-refractivity contribution is -0.131. The highest BCUT2D eigenvalue weighted by molar-refractivity contribution is 5.79. The molecule has 5 aliphatic rings. The van der Waals surface area contributed by atoms with E-state index in [0.717, 1.165) is 29.1 Å². The summed E-state index contributed by atoms with van der Waals surface area (Å²) in [6.07, 6.45) is 12.9. The van der Waals surface area contributed by atoms with Crippen LogP contribution in [0.1, 0.15) is 78.6 Å². The molecule has 5 saturated carbocycles. The molecule has 1 nitrogen and oxygen atoms in total. The van der Waals surface area contributed by atoms with Gasteiger partial charge in [-0.3, -0.25) is 4.79 Å². The van der Waals surface area contributed by atoms with Gasteiger partial charge in [0.15, 0.2) is 0 Å². The molecule has 8 atom stereocenters. The number of carbonyl (C=O) groups is 1. The fourth-order valence-corrected chi connectivity index (χ4v) is 8.90. The molecule has 0 aliphatic heterocycles. The number of Topliss-reactive ketones (excluding diaryl/α,β-unsaturated/α-hetero) is 1. The lowest BCUT2D eigenvalue weighted by Gasteiger charge is -2.58. The van der Waals surface area contributed by atoms with Crippen molar-refractivity contribution in [2.24, 2.45) is 45.8 Å². The largest absolute Gasteiger partial charge is 0.300 e. The van der Waals surface area contributed by atoms with Crippen molar-refractivity contribution >= 4 is 5.78 Å². The normalized spacial score (nSPS) is 61.9. The third-order valence-electron chi connectivity index (χ3n) is 10.1. The standard InChI is InChI=1S/C21H32O/c1-13(22)16-4-5-17-15-7-11-21-12-14(21)6-10-20(21,3)18(15)8-9-19(16,17)2/h14-18H,4-12H2,1-3H3/t14-,15+,16-,17+,18+,19-,20-,21+/m1/s1. The minimum atomic E-state index is 0.343. The van der Waals surface area contributed by atoms with Crippen molar-refractivity contribution < 1.29 is 4.79 Å². The highest BCUT2D eigenvalue weighted by Gasteiger charge is 2.73. The first-order chi connectivity index (χ1) is 10.4. The quantitative estimate of drug-likeness (QED) is 0.647. The Bertz CT molecular complexity index is 538. The van der Waals surface area contributed by atoms with Gasteiger partial charge in [0.2, 0.25) is 0 Å². The summed E-state index contributed by atoms with van der Waals surface area (Å²) in [5, 5.41) is 0. The zero-order valence-corrected chi connectivity index (χ0v) is 14.7. The van der Waals surface area contributed by atoms with Crippen molar-refractivity contribution in [3.05, 3.63) is 0 Å². The predicted octanol–water partition coefficient (Wildman–Crippen LogP) is 5.23. The summed E-state index contributed by atoms with van der Waals surface area (Å²) in [5.41, 5.74) is 1.78. The molecule has 0 bridgehead atoms. The summed E-state index contributed by atoms with van der Waals surface area (Å²) < 4.78 is 0. The van der Waals surface area contributed by atoms with Crippen molar-refractivity contribution in [3.63, 3.8) is 0 Å². The Balaban J connectivity index is 1.49. The molecule has 1 spiro atoms. The van der Waals surface area contributed by atoms with Crippen LogP contribution in [0.5, 0.6) is 0 Å². The molecule has 22 heavy (non-hydrogen) atoms. The molecule has 0 aromatic rings. The maximum atomic E-state index is 12.2. The minimum Gasteiger partial charge on any atom is -0.300 e. The van der Waals surface area contributed by atoms with E-state index in [9.17, 15) is 4.79 Å². The molecule has 5 fully saturated rings. The van der Waals surface area contributed by atoms with Gasteiger partial charge in [0.05, 0.1) is 0 Å². The maximum absolute atomic E-state index is 12.2. The van der Waals surface area contributed by atoms with Crippen LogP contribution in [0.15, 0.2) is 0 Å². The zero-order valence-electron chi connectivity index (χ0n) is 14.7. The molecule has 0 aromatic carbocycles. The van der Waals surface area contributed by atoms with Crippen molar-refractivity contribution in [2.45, 2.75) is 78.6 Å². The fourth-order valence-electron chi connectivity index (χ4n) is 8.90. The van der Waals surface area contributed by atoms with Crippen molar-refractivity contribution in [1.29, 1.82) is 0 Å². The first-order valence-electron chi connectivity index (χ1n) is 9.93. The molecule has 1 heteroatoms. The summed E-state index contributed by atoms with van der Waals surface area (Å²) in [7, 11) is 0. The number of hydrogen-bond donors (Lipinski definition) is 0. The molecule has 0 amide bonds. The SMILES string of the molecule is CC(=O)[C@H]1CC[C@H]2[C@@H]3CC[C@]45C[C@H]4CC[C@]5(C)[C@H]3CC[C@]12C. The van der Waals surface area contributed by atoms with Gasteiger partial charge in [-0.2, -0.15) is 0 Å². The highest BCUT2D eigenvalue weighted by Crippen LogP contribution is 2.81. The van der Waals surface area contributed by atoms with Crippen LogP contribution in [0.4, 0.5) is 0 Å². The van der Waals surface area contributed by atoms with Crippen molar-refractivity contribution in [1.82, 2.24) is 0 Å². The second-order valence-corrected chi connectivity index (χ2v) is 10.2. The fraction of sp³-hybridized carbons (Fsp3) is 0.952. The number of rotatable bonds is 1. The van der Waals surface area contributed by atoms with Gasteiger partial charge in [-0.15, -0.1) is 0 Å². The van der Waals surface area contributed by atoms with E-state index in [0.29, 0.717) is 22.5 Å². The molecule has 5 aliphatic carbocycles. The van der Waals surface area contributed by atoms with Crippen LogP contribution < -0.4 is 0 Å². The monoisotopic (exact) mass is 300 g/mol. The van der Waals surface area contributed by atoms with E-state index >= 15 is 0 Å². The first kappa shape index (κ1) is 14.1. The van der Waals surface area contributed by atoms with Gasteiger partial charge < -0.3 is 0 Å². The summed E-state index contributed by atoms with van der Waals surface area (Å²) in [6.45, 7) is 7.01. The summed E-state index contributed by atoms with van der Waals surface area (Å²) in [4.78, 5) is 12.2. The van der Waals surface area contributed by atoms with Gasteiger partial charge >= 0.3 is 0 Å². The first-order valence-corrected chi connectivity index (χ1v) is 9.93. The van der Waals surface area contributed by atoms with Crippen molar-refractivity contribution in [3.8, 4) is 0 Å². The smallest absolute Gasteiger partial charge is 0.133 e. The van der Waals surface area contributed by atoms with E-state index in [1.165, 1.54) is 51.4 Å². The number of carbonyl (C=O) groups excluding carboxylic acids is 1. The van der Waals surface area contributed by atoms with Gasteiger partial charge in [-0.25, -0.2) is 0 Å². The molecule has 122 valence electrons. The Kier molecular flexibility index (Phi) is 2.56. The van der Waals surface area contributed by atoms with E-state index in [-0.39, 0.29) is 0 Å². The van der Waals surface area contributed by atoms with Crippen LogP contribution in [0.25, 0.3) is 0 Å². The molecule has 0 radical (unpaired) electrons. The molecule has 0 N–H and O–H groups in total. The van der Waals surface area contributed by atoms with Gasteiger partial charge in [0, 0.05) is 5.92 Å². The van der Waals surface area contributed by atoms with Crippen LogP contribution >= 0.6 is 0 Å². The average molecular weight is 300 g/mol. The van der Waals surface area contributed by atoms with Crippen molar-refractivity contribution in [2.75, 3.05) is 0 Å². The van der Waals surface area contributed by atoms with Crippen LogP contribution in [0.3, 0.4) is 0 Å². The maximum Gasteiger partial charge on any atom is 0.133 e. The number of ketones is 1. The molecular weight excluding hydrogens is 268 g/mol.